The highest BCUT2D eigenvalue weighted by Crippen LogP contribution is 2.13. The quantitative estimate of drug-likeness (QED) is 0.676. The second kappa shape index (κ2) is 5.64. The number of rotatable bonds is 6. The van der Waals surface area contributed by atoms with Crippen molar-refractivity contribution in [1.82, 2.24) is 9.03 Å². The summed E-state index contributed by atoms with van der Waals surface area (Å²) in [6.45, 7) is 0.0632. The van der Waals surface area contributed by atoms with Gasteiger partial charge in [-0.2, -0.15) is 30.6 Å². The van der Waals surface area contributed by atoms with Crippen molar-refractivity contribution in [3.63, 3.8) is 0 Å². The third-order valence-corrected chi connectivity index (χ3v) is 3.16. The van der Waals surface area contributed by atoms with Gasteiger partial charge in [0.2, 0.25) is 0 Å². The van der Waals surface area contributed by atoms with Gasteiger partial charge < -0.3 is 5.73 Å². The summed E-state index contributed by atoms with van der Waals surface area (Å²) in [6, 6.07) is 0. The van der Waals surface area contributed by atoms with E-state index in [1.807, 2.05) is 0 Å². The van der Waals surface area contributed by atoms with Crippen LogP contribution < -0.4 is 10.5 Å². The third-order valence-electron chi connectivity index (χ3n) is 1.53. The molecular formula is C6H14F3N3O2S. The van der Waals surface area contributed by atoms with Gasteiger partial charge in [-0.15, -0.1) is 0 Å². The van der Waals surface area contributed by atoms with Crippen molar-refractivity contribution in [2.24, 2.45) is 5.73 Å². The molecule has 0 rings (SSSR count). The van der Waals surface area contributed by atoms with E-state index in [2.05, 4.69) is 0 Å². The minimum absolute atomic E-state index is 0.0102. The van der Waals surface area contributed by atoms with E-state index in [1.54, 1.807) is 0 Å². The molecule has 5 nitrogen and oxygen atoms in total. The molecule has 0 spiro atoms. The van der Waals surface area contributed by atoms with Crippen molar-refractivity contribution in [2.75, 3.05) is 26.2 Å². The van der Waals surface area contributed by atoms with E-state index in [0.717, 1.165) is 4.31 Å². The fourth-order valence-corrected chi connectivity index (χ4v) is 2.07. The monoisotopic (exact) mass is 249 g/mol. The molecule has 3 N–H and O–H groups in total. The van der Waals surface area contributed by atoms with E-state index in [9.17, 15) is 21.6 Å². The fraction of sp³-hybridized carbons (Fsp3) is 1.00. The van der Waals surface area contributed by atoms with Crippen LogP contribution >= 0.6 is 0 Å². The summed E-state index contributed by atoms with van der Waals surface area (Å²) in [5.74, 6) is 0. The lowest BCUT2D eigenvalue weighted by Crippen LogP contribution is -2.45. The van der Waals surface area contributed by atoms with Gasteiger partial charge in [-0.3, -0.25) is 0 Å². The molecule has 0 fully saturated rings. The zero-order valence-corrected chi connectivity index (χ0v) is 9.03. The largest absolute Gasteiger partial charge is 0.402 e. The number of nitrogens with zero attached hydrogens (tertiary/aromatic N) is 1. The fourth-order valence-electron chi connectivity index (χ4n) is 0.857. The predicted molar refractivity (Wildman–Crippen MR) is 49.3 cm³/mol. The minimum atomic E-state index is -4.56. The van der Waals surface area contributed by atoms with Crippen molar-refractivity contribution in [3.05, 3.63) is 0 Å². The number of hydrogen-bond acceptors (Lipinski definition) is 3. The first-order chi connectivity index (χ1) is 6.73. The van der Waals surface area contributed by atoms with Crippen molar-refractivity contribution < 1.29 is 21.6 Å². The van der Waals surface area contributed by atoms with Crippen LogP contribution in [0.5, 0.6) is 0 Å². The Morgan fingerprint density at radius 3 is 2.27 bits per heavy atom. The molecule has 0 amide bonds. The molecule has 0 saturated carbocycles. The zero-order valence-electron chi connectivity index (χ0n) is 8.21. The molecule has 0 aromatic rings. The maximum absolute atomic E-state index is 11.8. The maximum Gasteiger partial charge on any atom is 0.402 e. The van der Waals surface area contributed by atoms with Gasteiger partial charge in [0.1, 0.15) is 6.54 Å². The minimum Gasteiger partial charge on any atom is -0.329 e. The van der Waals surface area contributed by atoms with Gasteiger partial charge in [0.15, 0.2) is 0 Å². The van der Waals surface area contributed by atoms with Crippen LogP contribution in [0.4, 0.5) is 13.2 Å². The SMILES string of the molecule is CCN(CCN)S(=O)(=O)NCC(F)(F)F. The van der Waals surface area contributed by atoms with E-state index in [1.165, 1.54) is 11.6 Å². The van der Waals surface area contributed by atoms with Gasteiger partial charge in [-0.25, -0.2) is 0 Å². The van der Waals surface area contributed by atoms with E-state index in [-0.39, 0.29) is 19.6 Å². The summed E-state index contributed by atoms with van der Waals surface area (Å²) in [5.41, 5.74) is 5.13. The average molecular weight is 249 g/mol. The Balaban J connectivity index is 4.40. The molecule has 92 valence electrons. The van der Waals surface area contributed by atoms with Crippen LogP contribution in [0.3, 0.4) is 0 Å². The van der Waals surface area contributed by atoms with Crippen LogP contribution in [0, 0.1) is 0 Å². The second-order valence-electron chi connectivity index (χ2n) is 2.72. The van der Waals surface area contributed by atoms with Gasteiger partial charge in [-0.05, 0) is 0 Å². The summed E-state index contributed by atoms with van der Waals surface area (Å²) in [7, 11) is -4.08. The predicted octanol–water partition coefficient (Wildman–Crippen LogP) is -0.336. The maximum atomic E-state index is 11.8. The van der Waals surface area contributed by atoms with Gasteiger partial charge >= 0.3 is 6.18 Å². The zero-order chi connectivity index (χ0) is 12.1. The normalized spacial score (nSPS) is 13.5. The van der Waals surface area contributed by atoms with Gasteiger partial charge in [0, 0.05) is 19.6 Å². The summed E-state index contributed by atoms with van der Waals surface area (Å²) in [5, 5.41) is 0. The molecule has 0 atom stereocenters. The summed E-state index contributed by atoms with van der Waals surface area (Å²) < 4.78 is 60.1. The van der Waals surface area contributed by atoms with E-state index >= 15 is 0 Å². The molecule has 0 aromatic carbocycles. The molecule has 0 radical (unpaired) electrons. The Morgan fingerprint density at radius 2 is 1.93 bits per heavy atom. The van der Waals surface area contributed by atoms with Crippen LogP contribution in [-0.4, -0.2) is 45.1 Å². The first-order valence-corrected chi connectivity index (χ1v) is 5.68. The van der Waals surface area contributed by atoms with E-state index in [0.29, 0.717) is 0 Å². The molecule has 0 heterocycles. The summed E-state index contributed by atoms with van der Waals surface area (Å²) >= 11 is 0. The molecule has 9 heteroatoms. The Bertz CT molecular complexity index is 278. The Kier molecular flexibility index (Phi) is 5.49. The highest BCUT2D eigenvalue weighted by atomic mass is 32.2. The van der Waals surface area contributed by atoms with Crippen molar-refractivity contribution in [1.29, 1.82) is 0 Å². The molecule has 0 aliphatic rings. The van der Waals surface area contributed by atoms with E-state index < -0.39 is 22.9 Å². The van der Waals surface area contributed by atoms with Crippen LogP contribution in [0.2, 0.25) is 0 Å². The Labute approximate surface area is 86.6 Å². The van der Waals surface area contributed by atoms with Crippen molar-refractivity contribution in [2.45, 2.75) is 13.1 Å². The van der Waals surface area contributed by atoms with Crippen LogP contribution in [0.25, 0.3) is 0 Å². The highest BCUT2D eigenvalue weighted by molar-refractivity contribution is 7.87. The number of nitrogens with one attached hydrogen (secondary N) is 1. The van der Waals surface area contributed by atoms with Crippen molar-refractivity contribution in [3.8, 4) is 0 Å². The molecular weight excluding hydrogens is 235 g/mol. The molecule has 0 saturated heterocycles. The molecule has 15 heavy (non-hydrogen) atoms. The van der Waals surface area contributed by atoms with Gasteiger partial charge in [-0.1, -0.05) is 6.92 Å². The van der Waals surface area contributed by atoms with Crippen LogP contribution in [0.1, 0.15) is 6.92 Å². The first-order valence-electron chi connectivity index (χ1n) is 4.24. The molecule has 0 aromatic heterocycles. The number of hydrogen-bond donors (Lipinski definition) is 2. The number of halogens is 3. The van der Waals surface area contributed by atoms with Crippen molar-refractivity contribution >= 4 is 10.2 Å². The van der Waals surface area contributed by atoms with Crippen LogP contribution in [0.15, 0.2) is 0 Å². The Hall–Kier alpha value is -0.380. The second-order valence-corrected chi connectivity index (χ2v) is 4.48. The summed E-state index contributed by atoms with van der Waals surface area (Å²) in [6.07, 6.45) is -4.56. The molecule has 0 aliphatic heterocycles. The molecule has 0 aliphatic carbocycles. The number of likely N-dealkylation sites (N-methyl/N-ethyl adjacent to an activating group) is 1. The topological polar surface area (TPSA) is 75.4 Å². The standard InChI is InChI=1S/C6H14F3N3O2S/c1-2-12(4-3-10)15(13,14)11-5-6(7,8)9/h11H,2-5,10H2,1H3. The lowest BCUT2D eigenvalue weighted by Gasteiger charge is -2.20. The Morgan fingerprint density at radius 1 is 1.40 bits per heavy atom. The molecule has 0 bridgehead atoms. The number of alkyl halides is 3. The van der Waals surface area contributed by atoms with Gasteiger partial charge in [0.05, 0.1) is 0 Å². The first kappa shape index (κ1) is 14.6. The smallest absolute Gasteiger partial charge is 0.329 e. The van der Waals surface area contributed by atoms with Gasteiger partial charge in [0.25, 0.3) is 10.2 Å². The average Bonchev–Trinajstić information content (AvgIpc) is 2.10. The highest BCUT2D eigenvalue weighted by Gasteiger charge is 2.31. The van der Waals surface area contributed by atoms with E-state index in [4.69, 9.17) is 5.73 Å². The third kappa shape index (κ3) is 5.92. The lowest BCUT2D eigenvalue weighted by atomic mass is 10.6. The lowest BCUT2D eigenvalue weighted by molar-refractivity contribution is -0.121. The summed E-state index contributed by atoms with van der Waals surface area (Å²) in [4.78, 5) is 0. The number of nitrogens with two attached hydrogens (primary N) is 1. The molecule has 0 unspecified atom stereocenters. The van der Waals surface area contributed by atoms with Crippen LogP contribution in [-0.2, 0) is 10.2 Å².